The van der Waals surface area contributed by atoms with E-state index in [4.69, 9.17) is 9.47 Å². The molecule has 0 radical (unpaired) electrons. The molecule has 0 bridgehead atoms. The van der Waals surface area contributed by atoms with Crippen molar-refractivity contribution in [2.24, 2.45) is 5.92 Å². The number of pyridine rings is 1. The maximum Gasteiger partial charge on any atom is 0.145 e. The average Bonchev–Trinajstić information content (AvgIpc) is 3.30. The molecule has 1 unspecified atom stereocenters. The van der Waals surface area contributed by atoms with E-state index in [1.165, 1.54) is 35.2 Å². The van der Waals surface area contributed by atoms with Crippen LogP contribution in [0.4, 0.5) is 11.5 Å². The zero-order valence-corrected chi connectivity index (χ0v) is 22.3. The van der Waals surface area contributed by atoms with Crippen LogP contribution < -0.4 is 10.1 Å². The summed E-state index contributed by atoms with van der Waals surface area (Å²) < 4.78 is 11.5. The van der Waals surface area contributed by atoms with Crippen LogP contribution in [-0.2, 0) is 17.6 Å². The highest BCUT2D eigenvalue weighted by atomic mass is 32.1. The molecule has 1 aliphatic carbocycles. The number of hydrogen-bond donors (Lipinski definition) is 1. The Bertz CT molecular complexity index is 1380. The van der Waals surface area contributed by atoms with E-state index in [9.17, 15) is 0 Å². The lowest BCUT2D eigenvalue weighted by molar-refractivity contribution is 0.0351. The minimum Gasteiger partial charge on any atom is -0.455 e. The number of nitrogens with zero attached hydrogens (tertiary/aromatic N) is 4. The third-order valence-electron chi connectivity index (χ3n) is 7.45. The fourth-order valence-corrected chi connectivity index (χ4v) is 6.63. The molecule has 1 fully saturated rings. The van der Waals surface area contributed by atoms with E-state index in [0.717, 1.165) is 84.2 Å². The first-order chi connectivity index (χ1) is 18.1. The Kier molecular flexibility index (Phi) is 7.04. The largest absolute Gasteiger partial charge is 0.455 e. The number of benzene rings is 1. The predicted molar refractivity (Wildman–Crippen MR) is 148 cm³/mol. The summed E-state index contributed by atoms with van der Waals surface area (Å²) in [6.07, 6.45) is 8.18. The third kappa shape index (κ3) is 5.46. The second-order valence-electron chi connectivity index (χ2n) is 10.1. The molecule has 1 saturated heterocycles. The number of aromatic nitrogens is 3. The highest BCUT2D eigenvalue weighted by molar-refractivity contribution is 7.19. The number of rotatable bonds is 7. The molecule has 1 aromatic carbocycles. The maximum atomic E-state index is 6.05. The lowest BCUT2D eigenvalue weighted by Crippen LogP contribution is -2.37. The molecule has 3 aromatic heterocycles. The fraction of sp³-hybridized carbons (Fsp3) is 0.414. The summed E-state index contributed by atoms with van der Waals surface area (Å²) in [6.45, 7) is 9.09. The molecule has 0 spiro atoms. The van der Waals surface area contributed by atoms with Crippen molar-refractivity contribution >= 4 is 33.1 Å². The van der Waals surface area contributed by atoms with Crippen molar-refractivity contribution in [1.82, 2.24) is 19.9 Å². The molecule has 4 aromatic rings. The van der Waals surface area contributed by atoms with E-state index in [-0.39, 0.29) is 0 Å². The summed E-state index contributed by atoms with van der Waals surface area (Å²) in [7, 11) is 0. The van der Waals surface area contributed by atoms with Gasteiger partial charge < -0.3 is 14.8 Å². The van der Waals surface area contributed by atoms with Gasteiger partial charge in [0.15, 0.2) is 0 Å². The van der Waals surface area contributed by atoms with Gasteiger partial charge in [-0.2, -0.15) is 0 Å². The van der Waals surface area contributed by atoms with E-state index in [2.05, 4.69) is 38.2 Å². The second kappa shape index (κ2) is 10.7. The van der Waals surface area contributed by atoms with E-state index in [1.54, 1.807) is 12.5 Å². The van der Waals surface area contributed by atoms with Crippen molar-refractivity contribution in [2.45, 2.75) is 39.5 Å². The van der Waals surface area contributed by atoms with Gasteiger partial charge in [0.1, 0.15) is 28.5 Å². The van der Waals surface area contributed by atoms with Crippen LogP contribution in [-0.4, -0.2) is 52.7 Å². The number of nitrogens with one attached hydrogen (secondary N) is 1. The number of hydrogen-bond acceptors (Lipinski definition) is 8. The van der Waals surface area contributed by atoms with Crippen molar-refractivity contribution in [3.63, 3.8) is 0 Å². The number of morpholine rings is 1. The van der Waals surface area contributed by atoms with Crippen molar-refractivity contribution in [1.29, 1.82) is 0 Å². The molecular formula is C29H33N5O2S. The molecule has 1 atom stereocenters. The summed E-state index contributed by atoms with van der Waals surface area (Å²) in [4.78, 5) is 18.7. The molecule has 192 valence electrons. The summed E-state index contributed by atoms with van der Waals surface area (Å²) >= 11 is 1.85. The SMILES string of the molecule is Cc1ccc(Oc2ccc(Nc3ncnc4sc5c(c34)CCC(CCN3CCOCC3)C5)cc2C)cn1. The number of anilines is 2. The fourth-order valence-electron chi connectivity index (χ4n) is 5.33. The Hall–Kier alpha value is -3.07. The Morgan fingerprint density at radius 1 is 1.11 bits per heavy atom. The number of thiophene rings is 1. The minimum absolute atomic E-state index is 0.736. The lowest BCUT2D eigenvalue weighted by atomic mass is 9.85. The summed E-state index contributed by atoms with van der Waals surface area (Å²) in [6, 6.07) is 10.0. The Labute approximate surface area is 221 Å². The van der Waals surface area contributed by atoms with E-state index in [1.807, 2.05) is 42.5 Å². The van der Waals surface area contributed by atoms with E-state index in [0.29, 0.717) is 0 Å². The number of aryl methyl sites for hydroxylation is 3. The molecule has 2 aliphatic rings. The molecule has 0 amide bonds. The summed E-state index contributed by atoms with van der Waals surface area (Å²) in [5.74, 6) is 3.19. The first-order valence-corrected chi connectivity index (χ1v) is 14.0. The highest BCUT2D eigenvalue weighted by Gasteiger charge is 2.26. The standard InChI is InChI=1S/C29H33N5O2S/c1-19-15-22(5-8-25(19)36-23-6-3-20(2)30-17-23)33-28-27-24-7-4-21(9-10-34-11-13-35-14-12-34)16-26(24)37-29(27)32-18-31-28/h3,5-6,8,15,17-18,21H,4,7,9-14,16H2,1-2H3,(H,31,32,33). The van der Waals surface area contributed by atoms with Gasteiger partial charge in [-0.3, -0.25) is 9.88 Å². The van der Waals surface area contributed by atoms with E-state index >= 15 is 0 Å². The predicted octanol–water partition coefficient (Wildman–Crippen LogP) is 6.07. The Balaban J connectivity index is 1.17. The first-order valence-electron chi connectivity index (χ1n) is 13.2. The van der Waals surface area contributed by atoms with Gasteiger partial charge in [-0.25, -0.2) is 9.97 Å². The number of fused-ring (bicyclic) bond motifs is 3. The van der Waals surface area contributed by atoms with Crippen molar-refractivity contribution in [3.05, 3.63) is 64.6 Å². The molecule has 1 N–H and O–H groups in total. The number of ether oxygens (including phenoxy) is 2. The Morgan fingerprint density at radius 3 is 2.81 bits per heavy atom. The second-order valence-corrected chi connectivity index (χ2v) is 11.2. The van der Waals surface area contributed by atoms with Crippen LogP contribution in [0.25, 0.3) is 10.2 Å². The van der Waals surface area contributed by atoms with Crippen molar-refractivity contribution in [3.8, 4) is 11.5 Å². The monoisotopic (exact) mass is 515 g/mol. The molecular weight excluding hydrogens is 482 g/mol. The molecule has 6 rings (SSSR count). The van der Waals surface area contributed by atoms with Gasteiger partial charge in [-0.05, 0) is 93.5 Å². The smallest absolute Gasteiger partial charge is 0.145 e. The molecule has 8 heteroatoms. The Morgan fingerprint density at radius 2 is 2.00 bits per heavy atom. The van der Waals surface area contributed by atoms with Gasteiger partial charge in [0.05, 0.1) is 24.8 Å². The molecule has 0 saturated carbocycles. The molecule has 4 heterocycles. The average molecular weight is 516 g/mol. The summed E-state index contributed by atoms with van der Waals surface area (Å²) in [5.41, 5.74) is 4.45. The van der Waals surface area contributed by atoms with Crippen LogP contribution in [0.1, 0.15) is 34.5 Å². The normalized spacial score (nSPS) is 18.1. The highest BCUT2D eigenvalue weighted by Crippen LogP contribution is 2.41. The molecule has 37 heavy (non-hydrogen) atoms. The van der Waals surface area contributed by atoms with E-state index < -0.39 is 0 Å². The zero-order chi connectivity index (χ0) is 25.2. The van der Waals surface area contributed by atoms with Crippen LogP contribution >= 0.6 is 11.3 Å². The van der Waals surface area contributed by atoms with Crippen molar-refractivity contribution in [2.75, 3.05) is 38.2 Å². The van der Waals surface area contributed by atoms with Gasteiger partial charge in [0.25, 0.3) is 0 Å². The van der Waals surface area contributed by atoms with Gasteiger partial charge in [-0.1, -0.05) is 0 Å². The third-order valence-corrected chi connectivity index (χ3v) is 8.62. The quantitative estimate of drug-likeness (QED) is 0.320. The van der Waals surface area contributed by atoms with Crippen molar-refractivity contribution < 1.29 is 9.47 Å². The summed E-state index contributed by atoms with van der Waals surface area (Å²) in [5, 5.41) is 4.76. The van der Waals surface area contributed by atoms with Gasteiger partial charge in [0.2, 0.25) is 0 Å². The van der Waals surface area contributed by atoms with Gasteiger partial charge in [-0.15, -0.1) is 11.3 Å². The minimum atomic E-state index is 0.736. The lowest BCUT2D eigenvalue weighted by Gasteiger charge is -2.29. The maximum absolute atomic E-state index is 6.05. The van der Waals surface area contributed by atoms with Gasteiger partial charge >= 0.3 is 0 Å². The van der Waals surface area contributed by atoms with Gasteiger partial charge in [0, 0.05) is 29.3 Å². The van der Waals surface area contributed by atoms with Crippen LogP contribution in [0, 0.1) is 19.8 Å². The zero-order valence-electron chi connectivity index (χ0n) is 21.5. The topological polar surface area (TPSA) is 72.4 Å². The van der Waals surface area contributed by atoms with Crippen LogP contribution in [0.5, 0.6) is 11.5 Å². The van der Waals surface area contributed by atoms with Crippen LogP contribution in [0.15, 0.2) is 42.9 Å². The van der Waals surface area contributed by atoms with Crippen LogP contribution in [0.3, 0.4) is 0 Å². The first kappa shape index (κ1) is 24.3. The molecule has 7 nitrogen and oxygen atoms in total. The molecule has 1 aliphatic heterocycles. The van der Waals surface area contributed by atoms with Crippen LogP contribution in [0.2, 0.25) is 0 Å².